The van der Waals surface area contributed by atoms with Gasteiger partial charge in [-0.15, -0.1) is 0 Å². The molecule has 1 aliphatic heterocycles. The molecule has 0 aliphatic carbocycles. The maximum atomic E-state index is 11.5. The average Bonchev–Trinajstić information content (AvgIpc) is 2.30. The van der Waals surface area contributed by atoms with E-state index in [-0.39, 0.29) is 28.1 Å². The van der Waals surface area contributed by atoms with Crippen molar-refractivity contribution in [1.82, 2.24) is 0 Å². The first-order valence-corrected chi connectivity index (χ1v) is 8.07. The molecule has 5 nitrogen and oxygen atoms in total. The molecular weight excluding hydrogens is 290 g/mol. The third-order valence-corrected chi connectivity index (χ3v) is 5.18. The van der Waals surface area contributed by atoms with Crippen LogP contribution < -0.4 is 5.32 Å². The van der Waals surface area contributed by atoms with Gasteiger partial charge in [0.15, 0.2) is 9.84 Å². The number of anilines is 1. The van der Waals surface area contributed by atoms with Crippen molar-refractivity contribution >= 4 is 33.1 Å². The Morgan fingerprint density at radius 3 is 2.79 bits per heavy atom. The highest BCUT2D eigenvalue weighted by molar-refractivity contribution is 7.91. The van der Waals surface area contributed by atoms with Crippen molar-refractivity contribution in [2.75, 3.05) is 16.8 Å². The first-order valence-electron chi connectivity index (χ1n) is 5.87. The summed E-state index contributed by atoms with van der Waals surface area (Å²) in [5.41, 5.74) is 0.578. The maximum Gasteiger partial charge on any atom is 0.337 e. The van der Waals surface area contributed by atoms with E-state index >= 15 is 0 Å². The van der Waals surface area contributed by atoms with Gasteiger partial charge in [-0.25, -0.2) is 13.2 Å². The molecule has 1 aromatic rings. The maximum absolute atomic E-state index is 11.5. The van der Waals surface area contributed by atoms with Crippen molar-refractivity contribution in [3.05, 3.63) is 28.8 Å². The summed E-state index contributed by atoms with van der Waals surface area (Å²) in [6, 6.07) is 4.38. The second kappa shape index (κ2) is 5.38. The largest absolute Gasteiger partial charge is 0.478 e. The summed E-state index contributed by atoms with van der Waals surface area (Å²) in [6.07, 6.45) is 1.38. The van der Waals surface area contributed by atoms with Crippen LogP contribution in [0.4, 0.5) is 5.69 Å². The van der Waals surface area contributed by atoms with Crippen LogP contribution in [-0.4, -0.2) is 37.0 Å². The quantitative estimate of drug-likeness (QED) is 0.892. The number of halogens is 1. The van der Waals surface area contributed by atoms with Gasteiger partial charge in [0, 0.05) is 11.7 Å². The van der Waals surface area contributed by atoms with Crippen LogP contribution in [0, 0.1) is 0 Å². The van der Waals surface area contributed by atoms with E-state index < -0.39 is 15.8 Å². The molecule has 0 bridgehead atoms. The minimum atomic E-state index is -2.99. The minimum Gasteiger partial charge on any atom is -0.478 e. The second-order valence-corrected chi connectivity index (χ2v) is 7.23. The molecule has 0 amide bonds. The van der Waals surface area contributed by atoms with E-state index in [1.54, 1.807) is 6.07 Å². The zero-order chi connectivity index (χ0) is 14.0. The van der Waals surface area contributed by atoms with Gasteiger partial charge in [0.1, 0.15) is 0 Å². The van der Waals surface area contributed by atoms with Gasteiger partial charge in [-0.3, -0.25) is 0 Å². The van der Waals surface area contributed by atoms with Crippen LogP contribution >= 0.6 is 11.6 Å². The number of sulfone groups is 1. The predicted molar refractivity (Wildman–Crippen MR) is 73.7 cm³/mol. The highest BCUT2D eigenvalue weighted by Crippen LogP contribution is 2.23. The van der Waals surface area contributed by atoms with E-state index in [2.05, 4.69) is 5.32 Å². The lowest BCUT2D eigenvalue weighted by Gasteiger charge is -2.24. The van der Waals surface area contributed by atoms with Gasteiger partial charge in [0.25, 0.3) is 0 Å². The van der Waals surface area contributed by atoms with Crippen molar-refractivity contribution in [3.8, 4) is 0 Å². The van der Waals surface area contributed by atoms with E-state index in [4.69, 9.17) is 16.7 Å². The van der Waals surface area contributed by atoms with Crippen molar-refractivity contribution in [2.45, 2.75) is 18.9 Å². The number of nitrogens with one attached hydrogen (secondary N) is 1. The van der Waals surface area contributed by atoms with Crippen molar-refractivity contribution in [2.24, 2.45) is 0 Å². The fraction of sp³-hybridized carbons (Fsp3) is 0.417. The van der Waals surface area contributed by atoms with Gasteiger partial charge >= 0.3 is 5.97 Å². The Bertz CT molecular complexity index is 600. The van der Waals surface area contributed by atoms with Crippen molar-refractivity contribution in [3.63, 3.8) is 0 Å². The molecule has 1 aromatic carbocycles. The SMILES string of the molecule is O=C(O)c1cc(NC2CCCS(=O)(=O)C2)ccc1Cl. The highest BCUT2D eigenvalue weighted by Gasteiger charge is 2.24. The topological polar surface area (TPSA) is 83.5 Å². The molecule has 0 radical (unpaired) electrons. The summed E-state index contributed by atoms with van der Waals surface area (Å²) >= 11 is 5.77. The van der Waals surface area contributed by atoms with E-state index in [1.807, 2.05) is 0 Å². The molecule has 7 heteroatoms. The second-order valence-electron chi connectivity index (χ2n) is 4.60. The van der Waals surface area contributed by atoms with Gasteiger partial charge in [-0.05, 0) is 31.0 Å². The summed E-state index contributed by atoms with van der Waals surface area (Å²) in [5.74, 6) is -0.797. The Hall–Kier alpha value is -1.27. The highest BCUT2D eigenvalue weighted by atomic mass is 35.5. The predicted octanol–water partition coefficient (Wildman–Crippen LogP) is 2.03. The summed E-state index contributed by atoms with van der Waals surface area (Å²) in [4.78, 5) is 11.0. The van der Waals surface area contributed by atoms with Crippen LogP contribution in [0.2, 0.25) is 5.02 Å². The molecule has 19 heavy (non-hydrogen) atoms. The van der Waals surface area contributed by atoms with E-state index in [9.17, 15) is 13.2 Å². The summed E-state index contributed by atoms with van der Waals surface area (Å²) in [7, 11) is -2.99. The Kier molecular flexibility index (Phi) is 4.01. The van der Waals surface area contributed by atoms with Gasteiger partial charge in [-0.1, -0.05) is 11.6 Å². The van der Waals surface area contributed by atoms with Crippen LogP contribution in [-0.2, 0) is 9.84 Å². The number of hydrogen-bond donors (Lipinski definition) is 2. The van der Waals surface area contributed by atoms with Crippen LogP contribution in [0.25, 0.3) is 0 Å². The molecule has 0 saturated carbocycles. The molecule has 2 N–H and O–H groups in total. The van der Waals surface area contributed by atoms with Gasteiger partial charge in [0.2, 0.25) is 0 Å². The summed E-state index contributed by atoms with van der Waals surface area (Å²) < 4.78 is 23.1. The normalized spacial score (nSPS) is 21.8. The van der Waals surface area contributed by atoms with Gasteiger partial charge in [0.05, 0.1) is 22.1 Å². The van der Waals surface area contributed by atoms with Crippen LogP contribution in [0.1, 0.15) is 23.2 Å². The molecule has 2 rings (SSSR count). The fourth-order valence-corrected chi connectivity index (χ4v) is 3.99. The lowest BCUT2D eigenvalue weighted by atomic mass is 10.1. The van der Waals surface area contributed by atoms with E-state index in [0.29, 0.717) is 12.1 Å². The Balaban J connectivity index is 2.15. The number of carboxylic acid groups (broad SMARTS) is 1. The number of rotatable bonds is 3. The molecule has 0 aromatic heterocycles. The van der Waals surface area contributed by atoms with Crippen LogP contribution in [0.5, 0.6) is 0 Å². The molecular formula is C12H14ClNO4S. The smallest absolute Gasteiger partial charge is 0.337 e. The zero-order valence-corrected chi connectivity index (χ0v) is 11.7. The molecule has 1 heterocycles. The molecule has 0 spiro atoms. The number of carbonyl (C=O) groups is 1. The third kappa shape index (κ3) is 3.61. The average molecular weight is 304 g/mol. The first kappa shape index (κ1) is 14.1. The van der Waals surface area contributed by atoms with E-state index in [1.165, 1.54) is 12.1 Å². The van der Waals surface area contributed by atoms with Gasteiger partial charge in [-0.2, -0.15) is 0 Å². The molecule has 1 aliphatic rings. The molecule has 1 fully saturated rings. The third-order valence-electron chi connectivity index (χ3n) is 3.03. The molecule has 1 saturated heterocycles. The minimum absolute atomic E-state index is 0.00494. The number of hydrogen-bond acceptors (Lipinski definition) is 4. The van der Waals surface area contributed by atoms with Crippen LogP contribution in [0.15, 0.2) is 18.2 Å². The Labute approximate surface area is 116 Å². The van der Waals surface area contributed by atoms with Crippen LogP contribution in [0.3, 0.4) is 0 Å². The van der Waals surface area contributed by atoms with Crippen molar-refractivity contribution < 1.29 is 18.3 Å². The Morgan fingerprint density at radius 2 is 2.16 bits per heavy atom. The number of benzene rings is 1. The Morgan fingerprint density at radius 1 is 1.42 bits per heavy atom. The zero-order valence-electron chi connectivity index (χ0n) is 10.1. The fourth-order valence-electron chi connectivity index (χ4n) is 2.15. The summed E-state index contributed by atoms with van der Waals surface area (Å²) in [5, 5.41) is 12.2. The first-order chi connectivity index (χ1) is 8.87. The molecule has 1 atom stereocenters. The lowest BCUT2D eigenvalue weighted by molar-refractivity contribution is 0.0697. The van der Waals surface area contributed by atoms with Crippen molar-refractivity contribution in [1.29, 1.82) is 0 Å². The lowest BCUT2D eigenvalue weighted by Crippen LogP contribution is -2.34. The summed E-state index contributed by atoms with van der Waals surface area (Å²) in [6.45, 7) is 0. The monoisotopic (exact) mass is 303 g/mol. The van der Waals surface area contributed by atoms with E-state index in [0.717, 1.165) is 6.42 Å². The standard InChI is InChI=1S/C12H14ClNO4S/c13-11-4-3-8(6-10(11)12(15)16)14-9-2-1-5-19(17,18)7-9/h3-4,6,9,14H,1-2,5,7H2,(H,15,16). The molecule has 104 valence electrons. The molecule has 1 unspecified atom stereocenters. The van der Waals surface area contributed by atoms with Gasteiger partial charge < -0.3 is 10.4 Å². The number of aromatic carboxylic acids is 1. The number of carboxylic acids is 1.